The number of methoxy groups -OCH3 is 1. The number of benzene rings is 2. The molecule has 8 nitrogen and oxygen atoms in total. The summed E-state index contributed by atoms with van der Waals surface area (Å²) in [5.41, 5.74) is 3.00. The molecular formula is C24H25N3O5. The van der Waals surface area contributed by atoms with Gasteiger partial charge < -0.3 is 25.1 Å². The first kappa shape index (κ1) is 22.6. The van der Waals surface area contributed by atoms with E-state index in [1.165, 1.54) is 7.11 Å². The normalized spacial score (nSPS) is 10.3. The lowest BCUT2D eigenvalue weighted by atomic mass is 10.1. The molecule has 3 rings (SSSR count). The van der Waals surface area contributed by atoms with Gasteiger partial charge in [0.1, 0.15) is 11.4 Å². The zero-order valence-electron chi connectivity index (χ0n) is 18.2. The van der Waals surface area contributed by atoms with Crippen LogP contribution in [-0.4, -0.2) is 36.5 Å². The molecule has 2 amide bonds. The number of amides is 2. The second-order valence-electron chi connectivity index (χ2n) is 7.01. The number of carbonyl (C=O) groups is 3. The van der Waals surface area contributed by atoms with E-state index in [-0.39, 0.29) is 18.2 Å². The van der Waals surface area contributed by atoms with Crippen molar-refractivity contribution in [2.24, 2.45) is 0 Å². The van der Waals surface area contributed by atoms with Crippen LogP contribution in [0.25, 0.3) is 0 Å². The minimum atomic E-state index is -0.487. The highest BCUT2D eigenvalue weighted by molar-refractivity contribution is 6.07. The quantitative estimate of drug-likeness (QED) is 0.464. The Balaban J connectivity index is 1.66. The predicted molar refractivity (Wildman–Crippen MR) is 121 cm³/mol. The van der Waals surface area contributed by atoms with E-state index >= 15 is 0 Å². The van der Waals surface area contributed by atoms with Gasteiger partial charge in [0.25, 0.3) is 11.8 Å². The topological polar surface area (TPSA) is 110 Å². The molecule has 0 bridgehead atoms. The van der Waals surface area contributed by atoms with E-state index in [2.05, 4.69) is 15.6 Å². The Morgan fingerprint density at radius 3 is 2.38 bits per heavy atom. The Bertz CT molecular complexity index is 1120. The van der Waals surface area contributed by atoms with Gasteiger partial charge in [0.2, 0.25) is 0 Å². The van der Waals surface area contributed by atoms with Crippen molar-refractivity contribution in [3.05, 3.63) is 77.1 Å². The summed E-state index contributed by atoms with van der Waals surface area (Å²) in [6, 6.07) is 15.8. The number of ether oxygens (including phenoxy) is 2. The molecule has 3 aromatic rings. The Labute approximate surface area is 185 Å². The van der Waals surface area contributed by atoms with Crippen molar-refractivity contribution in [1.82, 2.24) is 4.98 Å². The Morgan fingerprint density at radius 1 is 0.969 bits per heavy atom. The van der Waals surface area contributed by atoms with Crippen LogP contribution in [0.4, 0.5) is 11.4 Å². The zero-order chi connectivity index (χ0) is 23.1. The molecule has 3 N–H and O–H groups in total. The molecule has 8 heteroatoms. The second-order valence-corrected chi connectivity index (χ2v) is 7.01. The highest BCUT2D eigenvalue weighted by Gasteiger charge is 2.23. The zero-order valence-corrected chi connectivity index (χ0v) is 18.2. The van der Waals surface area contributed by atoms with Crippen molar-refractivity contribution in [3.8, 4) is 5.75 Å². The monoisotopic (exact) mass is 435 g/mol. The average Bonchev–Trinajstić information content (AvgIpc) is 3.14. The average molecular weight is 435 g/mol. The van der Waals surface area contributed by atoms with Crippen molar-refractivity contribution in [2.45, 2.75) is 20.3 Å². The third-order valence-corrected chi connectivity index (χ3v) is 4.82. The molecule has 2 aromatic carbocycles. The lowest BCUT2D eigenvalue weighted by molar-refractivity contribution is -0.118. The van der Waals surface area contributed by atoms with Crippen molar-refractivity contribution in [1.29, 1.82) is 0 Å². The number of aromatic amines is 1. The third kappa shape index (κ3) is 5.34. The predicted octanol–water partition coefficient (Wildman–Crippen LogP) is 3.94. The van der Waals surface area contributed by atoms with Crippen LogP contribution in [0.1, 0.15) is 39.0 Å². The fourth-order valence-electron chi connectivity index (χ4n) is 3.25. The van der Waals surface area contributed by atoms with E-state index in [9.17, 15) is 14.4 Å². The van der Waals surface area contributed by atoms with Gasteiger partial charge in [-0.3, -0.25) is 9.59 Å². The summed E-state index contributed by atoms with van der Waals surface area (Å²) in [5, 5.41) is 5.52. The number of esters is 1. The van der Waals surface area contributed by atoms with Gasteiger partial charge in [-0.25, -0.2) is 4.79 Å². The minimum absolute atomic E-state index is 0.176. The van der Waals surface area contributed by atoms with Gasteiger partial charge in [-0.2, -0.15) is 0 Å². The van der Waals surface area contributed by atoms with Crippen LogP contribution >= 0.6 is 0 Å². The Morgan fingerprint density at radius 2 is 1.69 bits per heavy atom. The Hall–Kier alpha value is -4.07. The summed E-state index contributed by atoms with van der Waals surface area (Å²) in [6.45, 7) is 3.40. The number of aryl methyl sites for hydroxylation is 1. The molecule has 0 aliphatic carbocycles. The summed E-state index contributed by atoms with van der Waals surface area (Å²) in [4.78, 5) is 40.0. The number of para-hydroxylation sites is 1. The van der Waals surface area contributed by atoms with E-state index < -0.39 is 11.9 Å². The van der Waals surface area contributed by atoms with Crippen LogP contribution in [0.15, 0.2) is 54.6 Å². The van der Waals surface area contributed by atoms with Crippen molar-refractivity contribution >= 4 is 29.2 Å². The fourth-order valence-corrected chi connectivity index (χ4v) is 3.25. The fraction of sp³-hybridized carbons (Fsp3) is 0.208. The van der Waals surface area contributed by atoms with E-state index in [4.69, 9.17) is 9.47 Å². The van der Waals surface area contributed by atoms with Crippen molar-refractivity contribution in [2.75, 3.05) is 24.4 Å². The van der Waals surface area contributed by atoms with Crippen LogP contribution in [0.5, 0.6) is 5.75 Å². The SMILES string of the molecule is CCc1[nH]c(C(=O)Nc2cccc(OCC(=O)Nc3ccccc3)c2)c(C)c1C(=O)OC. The lowest BCUT2D eigenvalue weighted by Crippen LogP contribution is -2.20. The lowest BCUT2D eigenvalue weighted by Gasteiger charge is -2.10. The molecule has 0 radical (unpaired) electrons. The summed E-state index contributed by atoms with van der Waals surface area (Å²) in [6.07, 6.45) is 0.549. The van der Waals surface area contributed by atoms with Crippen LogP contribution in [-0.2, 0) is 16.0 Å². The maximum atomic E-state index is 12.8. The van der Waals surface area contributed by atoms with Crippen LogP contribution in [0.2, 0.25) is 0 Å². The molecular weight excluding hydrogens is 410 g/mol. The number of hydrogen-bond acceptors (Lipinski definition) is 5. The summed E-state index contributed by atoms with van der Waals surface area (Å²) < 4.78 is 10.4. The molecule has 0 saturated heterocycles. The smallest absolute Gasteiger partial charge is 0.339 e. The third-order valence-electron chi connectivity index (χ3n) is 4.82. The molecule has 0 aliphatic heterocycles. The van der Waals surface area contributed by atoms with E-state index in [0.29, 0.717) is 40.4 Å². The number of H-pyrrole nitrogens is 1. The van der Waals surface area contributed by atoms with Crippen LogP contribution in [0, 0.1) is 6.92 Å². The molecule has 1 heterocycles. The van der Waals surface area contributed by atoms with Gasteiger partial charge in [0, 0.05) is 23.1 Å². The summed E-state index contributed by atoms with van der Waals surface area (Å²) in [5.74, 6) is -0.751. The highest BCUT2D eigenvalue weighted by atomic mass is 16.5. The van der Waals surface area contributed by atoms with Gasteiger partial charge in [-0.1, -0.05) is 31.2 Å². The molecule has 1 aromatic heterocycles. The highest BCUT2D eigenvalue weighted by Crippen LogP contribution is 2.23. The van der Waals surface area contributed by atoms with Crippen LogP contribution in [0.3, 0.4) is 0 Å². The molecule has 0 aliphatic rings. The molecule has 0 unspecified atom stereocenters. The largest absolute Gasteiger partial charge is 0.484 e. The standard InChI is InChI=1S/C24H25N3O5/c1-4-19-21(24(30)31-3)15(2)22(27-19)23(29)26-17-11-8-12-18(13-17)32-14-20(28)25-16-9-6-5-7-10-16/h5-13,27H,4,14H2,1-3H3,(H,25,28)(H,26,29). The first-order chi connectivity index (χ1) is 15.4. The molecule has 0 saturated carbocycles. The number of anilines is 2. The Kier molecular flexibility index (Phi) is 7.28. The van der Waals surface area contributed by atoms with Gasteiger partial charge in [0.05, 0.1) is 12.7 Å². The molecule has 32 heavy (non-hydrogen) atoms. The van der Waals surface area contributed by atoms with Gasteiger partial charge in [0.15, 0.2) is 6.61 Å². The van der Waals surface area contributed by atoms with Gasteiger partial charge in [-0.05, 0) is 43.2 Å². The van der Waals surface area contributed by atoms with Crippen molar-refractivity contribution < 1.29 is 23.9 Å². The minimum Gasteiger partial charge on any atom is -0.484 e. The first-order valence-electron chi connectivity index (χ1n) is 10.1. The molecule has 166 valence electrons. The molecule has 0 fully saturated rings. The van der Waals surface area contributed by atoms with Crippen molar-refractivity contribution in [3.63, 3.8) is 0 Å². The number of rotatable bonds is 8. The summed E-state index contributed by atoms with van der Waals surface area (Å²) in [7, 11) is 1.31. The number of carbonyl (C=O) groups excluding carboxylic acids is 3. The maximum absolute atomic E-state index is 12.8. The van der Waals surface area contributed by atoms with E-state index in [1.807, 2.05) is 25.1 Å². The van der Waals surface area contributed by atoms with E-state index in [0.717, 1.165) is 0 Å². The summed E-state index contributed by atoms with van der Waals surface area (Å²) >= 11 is 0. The number of nitrogens with one attached hydrogen (secondary N) is 3. The first-order valence-corrected chi connectivity index (χ1v) is 10.1. The molecule has 0 atom stereocenters. The van der Waals surface area contributed by atoms with E-state index in [1.54, 1.807) is 43.3 Å². The van der Waals surface area contributed by atoms with Crippen LogP contribution < -0.4 is 15.4 Å². The number of aromatic nitrogens is 1. The van der Waals surface area contributed by atoms with Gasteiger partial charge in [-0.15, -0.1) is 0 Å². The maximum Gasteiger partial charge on any atom is 0.339 e. The van der Waals surface area contributed by atoms with Gasteiger partial charge >= 0.3 is 5.97 Å². The second kappa shape index (κ2) is 10.3. The molecule has 0 spiro atoms. The number of hydrogen-bond donors (Lipinski definition) is 3.